The molecule has 1 aliphatic heterocycles. The summed E-state index contributed by atoms with van der Waals surface area (Å²) in [5, 5.41) is 7.24. The Kier molecular flexibility index (Phi) is 6.25. The standard InChI is InChI=1S/C18H27N5O2/c1-3-22-10-12-23(13-11-22)9-5-8-19-18-20-17(21-25-18)15-6-4-7-16(14-15)24-2/h4,6-7,14H,3,5,8-13H2,1-2H3,(H,19,20,21). The van der Waals surface area contributed by atoms with E-state index in [4.69, 9.17) is 9.26 Å². The van der Waals surface area contributed by atoms with Gasteiger partial charge in [-0.3, -0.25) is 0 Å². The topological polar surface area (TPSA) is 66.7 Å². The van der Waals surface area contributed by atoms with Crippen molar-refractivity contribution < 1.29 is 9.26 Å². The Morgan fingerprint density at radius 3 is 2.76 bits per heavy atom. The molecule has 0 saturated carbocycles. The zero-order valence-electron chi connectivity index (χ0n) is 15.1. The second kappa shape index (κ2) is 8.82. The van der Waals surface area contributed by atoms with Gasteiger partial charge in [0, 0.05) is 38.3 Å². The minimum absolute atomic E-state index is 0.466. The van der Waals surface area contributed by atoms with Crippen LogP contribution in [-0.4, -0.2) is 72.9 Å². The molecule has 7 nitrogen and oxygen atoms in total. The first-order chi connectivity index (χ1) is 12.3. The largest absolute Gasteiger partial charge is 0.497 e. The molecule has 2 heterocycles. The summed E-state index contributed by atoms with van der Waals surface area (Å²) in [5.41, 5.74) is 0.880. The number of nitrogens with zero attached hydrogens (tertiary/aromatic N) is 4. The fourth-order valence-corrected chi connectivity index (χ4v) is 3.00. The molecular weight excluding hydrogens is 318 g/mol. The van der Waals surface area contributed by atoms with Crippen LogP contribution in [0.3, 0.4) is 0 Å². The lowest BCUT2D eigenvalue weighted by Crippen LogP contribution is -2.46. The molecule has 3 rings (SSSR count). The zero-order chi connectivity index (χ0) is 17.5. The van der Waals surface area contributed by atoms with Gasteiger partial charge in [0.2, 0.25) is 5.82 Å². The third kappa shape index (κ3) is 4.93. The van der Waals surface area contributed by atoms with Crippen molar-refractivity contribution in [3.63, 3.8) is 0 Å². The van der Waals surface area contributed by atoms with Gasteiger partial charge in [-0.05, 0) is 31.6 Å². The molecule has 2 aromatic rings. The van der Waals surface area contributed by atoms with Gasteiger partial charge >= 0.3 is 6.01 Å². The maximum Gasteiger partial charge on any atom is 0.321 e. The Hall–Kier alpha value is -2.12. The van der Waals surface area contributed by atoms with Gasteiger partial charge in [-0.25, -0.2) is 0 Å². The molecule has 0 radical (unpaired) electrons. The van der Waals surface area contributed by atoms with Gasteiger partial charge in [-0.2, -0.15) is 4.98 Å². The van der Waals surface area contributed by atoms with Crippen LogP contribution in [-0.2, 0) is 0 Å². The number of methoxy groups -OCH3 is 1. The third-order valence-electron chi connectivity index (χ3n) is 4.59. The highest BCUT2D eigenvalue weighted by Gasteiger charge is 2.15. The highest BCUT2D eigenvalue weighted by molar-refractivity contribution is 5.57. The van der Waals surface area contributed by atoms with E-state index in [-0.39, 0.29) is 0 Å². The summed E-state index contributed by atoms with van der Waals surface area (Å²) in [4.78, 5) is 9.41. The number of aromatic nitrogens is 2. The smallest absolute Gasteiger partial charge is 0.321 e. The van der Waals surface area contributed by atoms with Crippen LogP contribution >= 0.6 is 0 Å². The number of hydrogen-bond acceptors (Lipinski definition) is 7. The molecule has 1 aromatic heterocycles. The molecule has 7 heteroatoms. The van der Waals surface area contributed by atoms with E-state index >= 15 is 0 Å². The van der Waals surface area contributed by atoms with Crippen LogP contribution in [0.15, 0.2) is 28.8 Å². The highest BCUT2D eigenvalue weighted by atomic mass is 16.5. The van der Waals surface area contributed by atoms with E-state index in [1.807, 2.05) is 24.3 Å². The van der Waals surface area contributed by atoms with Crippen molar-refractivity contribution in [2.24, 2.45) is 0 Å². The van der Waals surface area contributed by atoms with Crippen molar-refractivity contribution in [3.8, 4) is 17.1 Å². The second-order valence-electron chi connectivity index (χ2n) is 6.21. The van der Waals surface area contributed by atoms with E-state index in [2.05, 4.69) is 32.2 Å². The summed E-state index contributed by atoms with van der Waals surface area (Å²) < 4.78 is 10.5. The first-order valence-corrected chi connectivity index (χ1v) is 8.95. The van der Waals surface area contributed by atoms with Crippen LogP contribution in [0.2, 0.25) is 0 Å². The van der Waals surface area contributed by atoms with Crippen molar-refractivity contribution in [1.29, 1.82) is 0 Å². The molecule has 136 valence electrons. The third-order valence-corrected chi connectivity index (χ3v) is 4.59. The number of ether oxygens (including phenoxy) is 1. The van der Waals surface area contributed by atoms with Crippen molar-refractivity contribution in [3.05, 3.63) is 24.3 Å². The van der Waals surface area contributed by atoms with Crippen molar-refractivity contribution in [2.45, 2.75) is 13.3 Å². The number of piperazine rings is 1. The maximum absolute atomic E-state index is 5.28. The van der Waals surface area contributed by atoms with E-state index in [9.17, 15) is 0 Å². The monoisotopic (exact) mass is 345 g/mol. The Labute approximate surface area is 149 Å². The maximum atomic E-state index is 5.28. The van der Waals surface area contributed by atoms with E-state index in [0.717, 1.165) is 50.5 Å². The van der Waals surface area contributed by atoms with Crippen molar-refractivity contribution in [2.75, 3.05) is 58.2 Å². The quantitative estimate of drug-likeness (QED) is 0.736. The number of nitrogens with one attached hydrogen (secondary N) is 1. The molecule has 0 unspecified atom stereocenters. The minimum Gasteiger partial charge on any atom is -0.497 e. The van der Waals surface area contributed by atoms with Crippen LogP contribution in [0.25, 0.3) is 11.4 Å². The summed E-state index contributed by atoms with van der Waals surface area (Å²) in [6, 6.07) is 8.10. The molecule has 1 aliphatic rings. The Morgan fingerprint density at radius 2 is 2.00 bits per heavy atom. The van der Waals surface area contributed by atoms with Gasteiger partial charge in [0.15, 0.2) is 0 Å². The number of hydrogen-bond donors (Lipinski definition) is 1. The Bertz CT molecular complexity index is 652. The molecular formula is C18H27N5O2. The van der Waals surface area contributed by atoms with Gasteiger partial charge in [-0.1, -0.05) is 24.2 Å². The predicted octanol–water partition coefficient (Wildman–Crippen LogP) is 2.18. The van der Waals surface area contributed by atoms with Crippen LogP contribution < -0.4 is 10.1 Å². The number of likely N-dealkylation sites (N-methyl/N-ethyl adjacent to an activating group) is 1. The second-order valence-corrected chi connectivity index (χ2v) is 6.21. The fourth-order valence-electron chi connectivity index (χ4n) is 3.00. The van der Waals surface area contributed by atoms with Gasteiger partial charge in [0.1, 0.15) is 5.75 Å². The lowest BCUT2D eigenvalue weighted by Gasteiger charge is -2.33. The fraction of sp³-hybridized carbons (Fsp3) is 0.556. The molecule has 1 N–H and O–H groups in total. The molecule has 1 aromatic carbocycles. The van der Waals surface area contributed by atoms with Crippen LogP contribution in [0.1, 0.15) is 13.3 Å². The van der Waals surface area contributed by atoms with E-state index in [1.54, 1.807) is 7.11 Å². The van der Waals surface area contributed by atoms with E-state index in [0.29, 0.717) is 11.8 Å². The normalized spacial score (nSPS) is 16.1. The SMILES string of the molecule is CCN1CCN(CCCNc2nc(-c3cccc(OC)c3)no2)CC1. The van der Waals surface area contributed by atoms with Gasteiger partial charge in [0.25, 0.3) is 0 Å². The Morgan fingerprint density at radius 1 is 1.20 bits per heavy atom. The molecule has 0 spiro atoms. The van der Waals surface area contributed by atoms with Crippen LogP contribution in [0.4, 0.5) is 6.01 Å². The van der Waals surface area contributed by atoms with E-state index in [1.165, 1.54) is 13.1 Å². The minimum atomic E-state index is 0.466. The summed E-state index contributed by atoms with van der Waals surface area (Å²) in [7, 11) is 1.64. The lowest BCUT2D eigenvalue weighted by molar-refractivity contribution is 0.137. The predicted molar refractivity (Wildman–Crippen MR) is 97.9 cm³/mol. The molecule has 1 fully saturated rings. The first-order valence-electron chi connectivity index (χ1n) is 8.95. The summed E-state index contributed by atoms with van der Waals surface area (Å²) in [6.07, 6.45) is 1.06. The number of benzene rings is 1. The summed E-state index contributed by atoms with van der Waals surface area (Å²) >= 11 is 0. The lowest BCUT2D eigenvalue weighted by atomic mass is 10.2. The summed E-state index contributed by atoms with van der Waals surface area (Å²) in [6.45, 7) is 9.98. The van der Waals surface area contributed by atoms with E-state index < -0.39 is 0 Å². The van der Waals surface area contributed by atoms with Crippen LogP contribution in [0, 0.1) is 0 Å². The number of anilines is 1. The molecule has 0 atom stereocenters. The zero-order valence-corrected chi connectivity index (χ0v) is 15.1. The first kappa shape index (κ1) is 17.7. The average molecular weight is 345 g/mol. The van der Waals surface area contributed by atoms with Gasteiger partial charge in [0.05, 0.1) is 7.11 Å². The molecule has 0 amide bonds. The molecule has 0 bridgehead atoms. The molecule has 25 heavy (non-hydrogen) atoms. The Balaban J connectivity index is 1.41. The average Bonchev–Trinajstić information content (AvgIpc) is 3.15. The summed E-state index contributed by atoms with van der Waals surface area (Å²) in [5.74, 6) is 1.34. The molecule has 0 aliphatic carbocycles. The van der Waals surface area contributed by atoms with Gasteiger partial charge < -0.3 is 24.4 Å². The highest BCUT2D eigenvalue weighted by Crippen LogP contribution is 2.22. The van der Waals surface area contributed by atoms with Crippen molar-refractivity contribution in [1.82, 2.24) is 19.9 Å². The van der Waals surface area contributed by atoms with Gasteiger partial charge in [-0.15, -0.1) is 0 Å². The molecule has 1 saturated heterocycles. The van der Waals surface area contributed by atoms with Crippen LogP contribution in [0.5, 0.6) is 5.75 Å². The number of rotatable bonds is 8. The van der Waals surface area contributed by atoms with Crippen molar-refractivity contribution >= 4 is 6.01 Å².